The van der Waals surface area contributed by atoms with E-state index in [1.54, 1.807) is 0 Å². The maximum atomic E-state index is 12.6. The van der Waals surface area contributed by atoms with Gasteiger partial charge in [0.2, 0.25) is 0 Å². The molecule has 0 aliphatic carbocycles. The minimum Gasteiger partial charge on any atom is -0.352 e. The molecule has 0 aromatic heterocycles. The molecule has 3 aromatic carbocycles. The molecule has 0 spiro atoms. The van der Waals surface area contributed by atoms with Crippen molar-refractivity contribution < 1.29 is 4.79 Å². The minimum atomic E-state index is -0.0555. The molecule has 1 saturated heterocycles. The molecule has 5 N–H and O–H groups in total. The molecule has 0 saturated carbocycles. The SMILES string of the molecule is O=C(NCCC(c1ccccc1)c1ccccc1)c1ccc(C2NNNN2)cc1. The van der Waals surface area contributed by atoms with Crippen molar-refractivity contribution in [1.82, 2.24) is 27.2 Å². The lowest BCUT2D eigenvalue weighted by atomic mass is 9.88. The van der Waals surface area contributed by atoms with Gasteiger partial charge in [0, 0.05) is 18.0 Å². The summed E-state index contributed by atoms with van der Waals surface area (Å²) in [4.78, 5) is 12.6. The van der Waals surface area contributed by atoms with Crippen LogP contribution >= 0.6 is 0 Å². The van der Waals surface area contributed by atoms with Crippen molar-refractivity contribution in [2.24, 2.45) is 0 Å². The molecule has 29 heavy (non-hydrogen) atoms. The summed E-state index contributed by atoms with van der Waals surface area (Å²) in [6, 6.07) is 28.4. The van der Waals surface area contributed by atoms with Crippen LogP contribution in [0.15, 0.2) is 84.9 Å². The van der Waals surface area contributed by atoms with E-state index in [2.05, 4.69) is 75.8 Å². The molecule has 1 aliphatic rings. The van der Waals surface area contributed by atoms with Gasteiger partial charge in [-0.25, -0.2) is 10.9 Å². The fourth-order valence-electron chi connectivity index (χ4n) is 3.57. The van der Waals surface area contributed by atoms with E-state index in [4.69, 9.17) is 0 Å². The van der Waals surface area contributed by atoms with Gasteiger partial charge in [0.1, 0.15) is 6.17 Å². The Labute approximate surface area is 170 Å². The molecule has 0 unspecified atom stereocenters. The quantitative estimate of drug-likeness (QED) is 0.431. The Morgan fingerprint density at radius 3 is 1.90 bits per heavy atom. The van der Waals surface area contributed by atoms with Crippen molar-refractivity contribution in [3.8, 4) is 0 Å². The Morgan fingerprint density at radius 1 is 0.793 bits per heavy atom. The summed E-state index contributed by atoms with van der Waals surface area (Å²) < 4.78 is 0. The highest BCUT2D eigenvalue weighted by atomic mass is 16.1. The first-order valence-electron chi connectivity index (χ1n) is 9.80. The topological polar surface area (TPSA) is 77.2 Å². The first-order valence-corrected chi connectivity index (χ1v) is 9.80. The van der Waals surface area contributed by atoms with Crippen LogP contribution in [-0.2, 0) is 0 Å². The average Bonchev–Trinajstić information content (AvgIpc) is 3.33. The summed E-state index contributed by atoms with van der Waals surface area (Å²) in [5.41, 5.74) is 15.8. The van der Waals surface area contributed by atoms with E-state index in [1.165, 1.54) is 11.1 Å². The van der Waals surface area contributed by atoms with Crippen LogP contribution in [0, 0.1) is 0 Å². The predicted molar refractivity (Wildman–Crippen MR) is 113 cm³/mol. The zero-order valence-electron chi connectivity index (χ0n) is 16.1. The highest BCUT2D eigenvalue weighted by Gasteiger charge is 2.16. The fourth-order valence-corrected chi connectivity index (χ4v) is 3.57. The van der Waals surface area contributed by atoms with Crippen molar-refractivity contribution in [2.75, 3.05) is 6.54 Å². The van der Waals surface area contributed by atoms with Gasteiger partial charge in [-0.2, -0.15) is 11.1 Å². The van der Waals surface area contributed by atoms with Crippen LogP contribution in [0.1, 0.15) is 45.6 Å². The zero-order valence-corrected chi connectivity index (χ0v) is 16.1. The lowest BCUT2D eigenvalue weighted by Gasteiger charge is -2.18. The highest BCUT2D eigenvalue weighted by molar-refractivity contribution is 5.94. The molecule has 1 amide bonds. The second-order valence-electron chi connectivity index (χ2n) is 7.01. The molecule has 4 rings (SSSR count). The molecular weight excluding hydrogens is 362 g/mol. The van der Waals surface area contributed by atoms with Crippen LogP contribution < -0.4 is 27.2 Å². The number of rotatable bonds is 7. The summed E-state index contributed by atoms with van der Waals surface area (Å²) in [6.45, 7) is 0.606. The maximum absolute atomic E-state index is 12.6. The zero-order chi connectivity index (χ0) is 19.9. The van der Waals surface area contributed by atoms with Crippen LogP contribution in [0.25, 0.3) is 0 Å². The maximum Gasteiger partial charge on any atom is 0.251 e. The Morgan fingerprint density at radius 2 is 1.34 bits per heavy atom. The van der Waals surface area contributed by atoms with Gasteiger partial charge in [0.25, 0.3) is 5.91 Å². The van der Waals surface area contributed by atoms with Gasteiger partial charge in [-0.1, -0.05) is 72.8 Å². The van der Waals surface area contributed by atoms with Crippen molar-refractivity contribution >= 4 is 5.91 Å². The molecule has 1 aliphatic heterocycles. The Balaban J connectivity index is 1.37. The smallest absolute Gasteiger partial charge is 0.251 e. The van der Waals surface area contributed by atoms with Crippen LogP contribution in [0.4, 0.5) is 0 Å². The standard InChI is InChI=1S/C23H25N5O/c29-23(20-13-11-19(12-14-20)22-25-27-28-26-22)24-16-15-21(17-7-3-1-4-8-17)18-9-5-2-6-10-18/h1-14,21-22,25-28H,15-16H2,(H,24,29). The lowest BCUT2D eigenvalue weighted by Crippen LogP contribution is -2.33. The normalized spacial score (nSPS) is 14.2. The largest absolute Gasteiger partial charge is 0.352 e. The lowest BCUT2D eigenvalue weighted by molar-refractivity contribution is 0.0952. The molecule has 1 fully saturated rings. The number of amides is 1. The van der Waals surface area contributed by atoms with Gasteiger partial charge >= 0.3 is 0 Å². The van der Waals surface area contributed by atoms with Gasteiger partial charge < -0.3 is 5.32 Å². The van der Waals surface area contributed by atoms with E-state index in [9.17, 15) is 4.79 Å². The number of hydrogen-bond donors (Lipinski definition) is 5. The third-order valence-electron chi connectivity index (χ3n) is 5.12. The molecule has 0 bridgehead atoms. The minimum absolute atomic E-state index is 0.0374. The molecule has 148 valence electrons. The van der Waals surface area contributed by atoms with Gasteiger partial charge in [-0.3, -0.25) is 4.79 Å². The Hall–Kier alpha value is -3.03. The third-order valence-corrected chi connectivity index (χ3v) is 5.12. The molecule has 0 radical (unpaired) electrons. The number of hydrazine groups is 3. The van der Waals surface area contributed by atoms with Crippen molar-refractivity contribution in [2.45, 2.75) is 18.5 Å². The molecular formula is C23H25N5O. The van der Waals surface area contributed by atoms with Crippen LogP contribution in [0.5, 0.6) is 0 Å². The number of carbonyl (C=O) groups excluding carboxylic acids is 1. The van der Waals surface area contributed by atoms with E-state index in [-0.39, 0.29) is 18.0 Å². The van der Waals surface area contributed by atoms with E-state index in [0.29, 0.717) is 12.1 Å². The number of nitrogens with one attached hydrogen (secondary N) is 5. The number of carbonyl (C=O) groups is 1. The van der Waals surface area contributed by atoms with Gasteiger partial charge in [-0.15, -0.1) is 0 Å². The molecule has 3 aromatic rings. The number of benzene rings is 3. The van der Waals surface area contributed by atoms with Gasteiger partial charge in [0.05, 0.1) is 0 Å². The van der Waals surface area contributed by atoms with E-state index in [1.807, 2.05) is 36.4 Å². The molecule has 6 heteroatoms. The molecule has 6 nitrogen and oxygen atoms in total. The summed E-state index contributed by atoms with van der Waals surface area (Å²) in [7, 11) is 0. The van der Waals surface area contributed by atoms with E-state index in [0.717, 1.165) is 12.0 Å². The summed E-state index contributed by atoms with van der Waals surface area (Å²) in [5.74, 6) is 0.194. The first kappa shape index (κ1) is 19.3. The number of hydrogen-bond acceptors (Lipinski definition) is 5. The Bertz CT molecular complexity index is 870. The monoisotopic (exact) mass is 387 g/mol. The van der Waals surface area contributed by atoms with E-state index < -0.39 is 0 Å². The van der Waals surface area contributed by atoms with Crippen LogP contribution in [-0.4, -0.2) is 12.5 Å². The summed E-state index contributed by atoms with van der Waals surface area (Å²) in [5, 5.41) is 3.06. The van der Waals surface area contributed by atoms with Gasteiger partial charge in [-0.05, 0) is 35.2 Å². The van der Waals surface area contributed by atoms with Crippen LogP contribution in [0.3, 0.4) is 0 Å². The summed E-state index contributed by atoms with van der Waals surface area (Å²) >= 11 is 0. The third kappa shape index (κ3) is 4.88. The second-order valence-corrected chi connectivity index (χ2v) is 7.01. The molecule has 1 heterocycles. The average molecular weight is 387 g/mol. The van der Waals surface area contributed by atoms with Crippen molar-refractivity contribution in [3.05, 3.63) is 107 Å². The van der Waals surface area contributed by atoms with Crippen molar-refractivity contribution in [1.29, 1.82) is 0 Å². The summed E-state index contributed by atoms with van der Waals surface area (Å²) in [6.07, 6.45) is 0.801. The Kier molecular flexibility index (Phi) is 6.29. The highest BCUT2D eigenvalue weighted by Crippen LogP contribution is 2.27. The van der Waals surface area contributed by atoms with E-state index >= 15 is 0 Å². The van der Waals surface area contributed by atoms with Gasteiger partial charge in [0.15, 0.2) is 0 Å². The second kappa shape index (κ2) is 9.45. The first-order chi connectivity index (χ1) is 14.3. The van der Waals surface area contributed by atoms with Crippen molar-refractivity contribution in [3.63, 3.8) is 0 Å². The predicted octanol–water partition coefficient (Wildman–Crippen LogP) is 2.75. The molecule has 0 atom stereocenters. The fraction of sp³-hybridized carbons (Fsp3) is 0.174. The van der Waals surface area contributed by atoms with Crippen LogP contribution in [0.2, 0.25) is 0 Å².